The quantitative estimate of drug-likeness (QED) is 0.608. The van der Waals surface area contributed by atoms with Gasteiger partial charge >= 0.3 is 0 Å². The molecule has 0 aromatic heterocycles. The van der Waals surface area contributed by atoms with Crippen LogP contribution in [0, 0.1) is 0 Å². The average Bonchev–Trinajstić information content (AvgIpc) is 2.16. The van der Waals surface area contributed by atoms with Gasteiger partial charge in [-0.25, -0.2) is 0 Å². The average molecular weight is 222 g/mol. The third-order valence-corrected chi connectivity index (χ3v) is 1.82. The number of phenolic OH excluding ortho intramolecular Hbond substituents is 1. The van der Waals surface area contributed by atoms with Gasteiger partial charge < -0.3 is 15.3 Å². The number of aromatic hydroxyl groups is 1. The van der Waals surface area contributed by atoms with Gasteiger partial charge in [0.25, 0.3) is 0 Å². The Kier molecular flexibility index (Phi) is 3.77. The summed E-state index contributed by atoms with van der Waals surface area (Å²) in [5.41, 5.74) is 3.73. The van der Waals surface area contributed by atoms with Crippen LogP contribution in [0.15, 0.2) is 23.3 Å². The lowest BCUT2D eigenvalue weighted by Gasteiger charge is -2.16. The number of methoxy groups -OCH3 is 1. The first kappa shape index (κ1) is 12.4. The van der Waals surface area contributed by atoms with Crippen molar-refractivity contribution in [2.24, 2.45) is 5.10 Å². The Labute approximate surface area is 95.9 Å². The Morgan fingerprint density at radius 3 is 2.56 bits per heavy atom. The maximum atomic E-state index is 9.54. The number of ether oxygens (including phenoxy) is 1. The summed E-state index contributed by atoms with van der Waals surface area (Å²) in [5.74, 6) is 0.572. The Hall–Kier alpha value is -1.71. The molecule has 0 fully saturated rings. The van der Waals surface area contributed by atoms with E-state index in [9.17, 15) is 5.11 Å². The lowest BCUT2D eigenvalue weighted by Crippen LogP contribution is -2.31. The maximum absolute atomic E-state index is 9.54. The van der Waals surface area contributed by atoms with E-state index >= 15 is 0 Å². The Bertz CT molecular complexity index is 381. The van der Waals surface area contributed by atoms with Gasteiger partial charge in [0.2, 0.25) is 0 Å². The van der Waals surface area contributed by atoms with Crippen LogP contribution < -0.4 is 10.2 Å². The van der Waals surface area contributed by atoms with Crippen molar-refractivity contribution in [3.8, 4) is 11.5 Å². The smallest absolute Gasteiger partial charge is 0.160 e. The minimum Gasteiger partial charge on any atom is -0.504 e. The standard InChI is InChI=1S/C12H18N2O2/c1-12(2,3)14-13-8-9-5-6-11(16-4)10(15)7-9/h5-8,14-15H,1-4H3/b13-8-. The van der Waals surface area contributed by atoms with Crippen LogP contribution in [0.2, 0.25) is 0 Å². The fourth-order valence-corrected chi connectivity index (χ4v) is 1.09. The molecule has 4 nitrogen and oxygen atoms in total. The number of benzene rings is 1. The molecule has 0 saturated heterocycles. The van der Waals surface area contributed by atoms with Gasteiger partial charge in [-0.15, -0.1) is 0 Å². The molecule has 0 bridgehead atoms. The second kappa shape index (κ2) is 4.88. The largest absolute Gasteiger partial charge is 0.504 e. The first-order valence-electron chi connectivity index (χ1n) is 5.09. The molecular weight excluding hydrogens is 204 g/mol. The zero-order valence-electron chi connectivity index (χ0n) is 10.1. The highest BCUT2D eigenvalue weighted by molar-refractivity contribution is 5.80. The van der Waals surface area contributed by atoms with Gasteiger partial charge in [0.05, 0.1) is 13.3 Å². The second-order valence-corrected chi connectivity index (χ2v) is 4.55. The molecule has 0 aliphatic carbocycles. The minimum absolute atomic E-state index is 0.0645. The highest BCUT2D eigenvalue weighted by atomic mass is 16.5. The zero-order chi connectivity index (χ0) is 12.2. The van der Waals surface area contributed by atoms with Crippen LogP contribution in [0.3, 0.4) is 0 Å². The monoisotopic (exact) mass is 222 g/mol. The fourth-order valence-electron chi connectivity index (χ4n) is 1.09. The molecule has 0 saturated carbocycles. The van der Waals surface area contributed by atoms with Crippen molar-refractivity contribution in [2.75, 3.05) is 7.11 Å². The third-order valence-electron chi connectivity index (χ3n) is 1.82. The van der Waals surface area contributed by atoms with E-state index in [4.69, 9.17) is 4.74 Å². The molecule has 1 rings (SSSR count). The van der Waals surface area contributed by atoms with Gasteiger partial charge in [-0.05, 0) is 44.5 Å². The number of hydrazone groups is 1. The second-order valence-electron chi connectivity index (χ2n) is 4.55. The lowest BCUT2D eigenvalue weighted by atomic mass is 10.1. The Balaban J connectivity index is 2.72. The van der Waals surface area contributed by atoms with Crippen molar-refractivity contribution in [2.45, 2.75) is 26.3 Å². The number of phenols is 1. The normalized spacial score (nSPS) is 11.8. The highest BCUT2D eigenvalue weighted by Gasteiger charge is 2.06. The molecule has 0 heterocycles. The van der Waals surface area contributed by atoms with Crippen molar-refractivity contribution in [3.05, 3.63) is 23.8 Å². The van der Waals surface area contributed by atoms with Crippen LogP contribution in [-0.4, -0.2) is 24.0 Å². The molecule has 0 aliphatic heterocycles. The van der Waals surface area contributed by atoms with E-state index in [0.29, 0.717) is 5.75 Å². The molecule has 0 radical (unpaired) electrons. The van der Waals surface area contributed by atoms with E-state index in [1.165, 1.54) is 7.11 Å². The van der Waals surface area contributed by atoms with Crippen LogP contribution in [0.1, 0.15) is 26.3 Å². The lowest BCUT2D eigenvalue weighted by molar-refractivity contribution is 0.373. The van der Waals surface area contributed by atoms with Crippen molar-refractivity contribution in [3.63, 3.8) is 0 Å². The Morgan fingerprint density at radius 2 is 2.06 bits per heavy atom. The first-order valence-corrected chi connectivity index (χ1v) is 5.09. The molecule has 0 atom stereocenters. The van der Waals surface area contributed by atoms with Crippen molar-refractivity contribution in [1.82, 2.24) is 5.43 Å². The van der Waals surface area contributed by atoms with Crippen LogP contribution in [0.5, 0.6) is 11.5 Å². The van der Waals surface area contributed by atoms with Gasteiger partial charge in [-0.3, -0.25) is 0 Å². The van der Waals surface area contributed by atoms with Gasteiger partial charge in [-0.2, -0.15) is 5.10 Å². The zero-order valence-corrected chi connectivity index (χ0v) is 10.1. The summed E-state index contributed by atoms with van der Waals surface area (Å²) in [6.07, 6.45) is 1.66. The molecule has 2 N–H and O–H groups in total. The molecule has 4 heteroatoms. The molecule has 0 aliphatic rings. The van der Waals surface area contributed by atoms with E-state index in [-0.39, 0.29) is 11.3 Å². The summed E-state index contributed by atoms with van der Waals surface area (Å²) in [4.78, 5) is 0. The van der Waals surface area contributed by atoms with E-state index in [1.54, 1.807) is 18.3 Å². The van der Waals surface area contributed by atoms with Crippen LogP contribution >= 0.6 is 0 Å². The van der Waals surface area contributed by atoms with Crippen molar-refractivity contribution >= 4 is 6.21 Å². The predicted octanol–water partition coefficient (Wildman–Crippen LogP) is 2.12. The topological polar surface area (TPSA) is 53.8 Å². The van der Waals surface area contributed by atoms with E-state index in [0.717, 1.165) is 5.56 Å². The van der Waals surface area contributed by atoms with E-state index < -0.39 is 0 Å². The summed E-state index contributed by atoms with van der Waals surface area (Å²) in [5, 5.41) is 13.6. The Morgan fingerprint density at radius 1 is 1.38 bits per heavy atom. The van der Waals surface area contributed by atoms with E-state index in [2.05, 4.69) is 10.5 Å². The third kappa shape index (κ3) is 3.81. The van der Waals surface area contributed by atoms with Crippen LogP contribution in [0.25, 0.3) is 0 Å². The molecule has 1 aromatic carbocycles. The predicted molar refractivity (Wildman–Crippen MR) is 65.1 cm³/mol. The molecule has 88 valence electrons. The summed E-state index contributed by atoms with van der Waals surface area (Å²) in [6, 6.07) is 5.13. The number of nitrogens with zero attached hydrogens (tertiary/aromatic N) is 1. The molecule has 0 amide bonds. The number of hydrogen-bond donors (Lipinski definition) is 2. The summed E-state index contributed by atoms with van der Waals surface area (Å²) < 4.78 is 4.95. The summed E-state index contributed by atoms with van der Waals surface area (Å²) in [7, 11) is 1.52. The van der Waals surface area contributed by atoms with Gasteiger partial charge in [0.15, 0.2) is 11.5 Å². The van der Waals surface area contributed by atoms with Gasteiger partial charge in [-0.1, -0.05) is 0 Å². The first-order chi connectivity index (χ1) is 7.42. The number of nitrogens with one attached hydrogen (secondary N) is 1. The SMILES string of the molecule is COc1ccc(/C=N\NC(C)(C)C)cc1O. The minimum atomic E-state index is -0.0645. The van der Waals surface area contributed by atoms with Crippen molar-refractivity contribution in [1.29, 1.82) is 0 Å². The maximum Gasteiger partial charge on any atom is 0.160 e. The highest BCUT2D eigenvalue weighted by Crippen LogP contribution is 2.25. The number of rotatable bonds is 3. The van der Waals surface area contributed by atoms with E-state index in [1.807, 2.05) is 26.8 Å². The summed E-state index contributed by atoms with van der Waals surface area (Å²) >= 11 is 0. The molecule has 16 heavy (non-hydrogen) atoms. The van der Waals surface area contributed by atoms with Gasteiger partial charge in [0, 0.05) is 5.54 Å². The number of hydrogen-bond acceptors (Lipinski definition) is 4. The fraction of sp³-hybridized carbons (Fsp3) is 0.417. The van der Waals surface area contributed by atoms with Crippen LogP contribution in [-0.2, 0) is 0 Å². The van der Waals surface area contributed by atoms with Crippen molar-refractivity contribution < 1.29 is 9.84 Å². The van der Waals surface area contributed by atoms with Gasteiger partial charge in [0.1, 0.15) is 0 Å². The molecule has 1 aromatic rings. The van der Waals surface area contributed by atoms with Crippen LogP contribution in [0.4, 0.5) is 0 Å². The summed E-state index contributed by atoms with van der Waals surface area (Å²) in [6.45, 7) is 6.07. The molecular formula is C12H18N2O2. The molecule has 0 unspecified atom stereocenters. The molecule has 0 spiro atoms.